The van der Waals surface area contributed by atoms with Crippen LogP contribution in [0, 0.1) is 6.92 Å². The van der Waals surface area contributed by atoms with Gasteiger partial charge in [-0.05, 0) is 31.1 Å². The first kappa shape index (κ1) is 10.5. The van der Waals surface area contributed by atoms with Gasteiger partial charge in [0.1, 0.15) is 0 Å². The SMILES string of the molecule is C=C(C)C(=O)/C=C/c1ccc(C)cc1. The van der Waals surface area contributed by atoms with Crippen LogP contribution in [0.15, 0.2) is 42.5 Å². The fraction of sp³-hybridized carbons (Fsp3) is 0.154. The first-order valence-corrected chi connectivity index (χ1v) is 4.54. The van der Waals surface area contributed by atoms with Gasteiger partial charge in [0.2, 0.25) is 0 Å². The van der Waals surface area contributed by atoms with Crippen molar-refractivity contribution in [3.05, 3.63) is 53.6 Å². The molecule has 0 spiro atoms. The van der Waals surface area contributed by atoms with Gasteiger partial charge in [0.15, 0.2) is 5.78 Å². The Morgan fingerprint density at radius 1 is 1.29 bits per heavy atom. The number of carbonyl (C=O) groups excluding carboxylic acids is 1. The van der Waals surface area contributed by atoms with E-state index in [9.17, 15) is 4.79 Å². The topological polar surface area (TPSA) is 17.1 Å². The molecule has 0 heterocycles. The lowest BCUT2D eigenvalue weighted by Crippen LogP contribution is -1.91. The second-order valence-corrected chi connectivity index (χ2v) is 3.39. The van der Waals surface area contributed by atoms with Gasteiger partial charge in [0, 0.05) is 0 Å². The van der Waals surface area contributed by atoms with E-state index in [1.807, 2.05) is 31.2 Å². The molecule has 14 heavy (non-hydrogen) atoms. The van der Waals surface area contributed by atoms with E-state index >= 15 is 0 Å². The summed E-state index contributed by atoms with van der Waals surface area (Å²) in [6.45, 7) is 7.33. The molecule has 0 aliphatic rings. The van der Waals surface area contributed by atoms with E-state index in [1.165, 1.54) is 5.56 Å². The van der Waals surface area contributed by atoms with E-state index in [4.69, 9.17) is 0 Å². The zero-order valence-corrected chi connectivity index (χ0v) is 8.58. The maximum absolute atomic E-state index is 11.2. The summed E-state index contributed by atoms with van der Waals surface area (Å²) in [4.78, 5) is 11.2. The third-order valence-electron chi connectivity index (χ3n) is 1.93. The molecule has 0 radical (unpaired) electrons. The molecule has 72 valence electrons. The molecule has 0 amide bonds. The van der Waals surface area contributed by atoms with Crippen LogP contribution in [-0.4, -0.2) is 5.78 Å². The molecule has 0 aliphatic heterocycles. The molecule has 1 aromatic carbocycles. The molecule has 0 aromatic heterocycles. The Kier molecular flexibility index (Phi) is 3.41. The van der Waals surface area contributed by atoms with Crippen molar-refractivity contribution in [2.24, 2.45) is 0 Å². The molecule has 0 atom stereocenters. The highest BCUT2D eigenvalue weighted by Crippen LogP contribution is 2.05. The Labute approximate surface area is 84.8 Å². The molecular formula is C13H14O. The van der Waals surface area contributed by atoms with Crippen molar-refractivity contribution in [2.75, 3.05) is 0 Å². The van der Waals surface area contributed by atoms with Crippen LogP contribution in [0.3, 0.4) is 0 Å². The highest BCUT2D eigenvalue weighted by Gasteiger charge is 1.94. The summed E-state index contributed by atoms with van der Waals surface area (Å²) in [5.41, 5.74) is 2.81. The van der Waals surface area contributed by atoms with Crippen LogP contribution >= 0.6 is 0 Å². The Morgan fingerprint density at radius 3 is 2.36 bits per heavy atom. The third kappa shape index (κ3) is 3.02. The molecule has 1 heteroatoms. The number of hydrogen-bond acceptors (Lipinski definition) is 1. The van der Waals surface area contributed by atoms with Crippen LogP contribution < -0.4 is 0 Å². The van der Waals surface area contributed by atoms with Crippen LogP contribution in [0.25, 0.3) is 6.08 Å². The second kappa shape index (κ2) is 4.56. The summed E-state index contributed by atoms with van der Waals surface area (Å²) in [7, 11) is 0. The number of rotatable bonds is 3. The molecule has 0 fully saturated rings. The molecule has 1 nitrogen and oxygen atoms in total. The van der Waals surface area contributed by atoms with Crippen molar-refractivity contribution in [1.29, 1.82) is 0 Å². The third-order valence-corrected chi connectivity index (χ3v) is 1.93. The number of benzene rings is 1. The van der Waals surface area contributed by atoms with Gasteiger partial charge in [-0.1, -0.05) is 42.5 Å². The summed E-state index contributed by atoms with van der Waals surface area (Å²) in [5.74, 6) is -0.0226. The number of hydrogen-bond donors (Lipinski definition) is 0. The molecule has 0 bridgehead atoms. The maximum Gasteiger partial charge on any atom is 0.180 e. The van der Waals surface area contributed by atoms with Crippen LogP contribution in [0.1, 0.15) is 18.1 Å². The standard InChI is InChI=1S/C13H14O/c1-10(2)13(14)9-8-12-6-4-11(3)5-7-12/h4-9H,1H2,2-3H3/b9-8+. The van der Waals surface area contributed by atoms with Gasteiger partial charge < -0.3 is 0 Å². The lowest BCUT2D eigenvalue weighted by molar-refractivity contribution is -0.111. The molecule has 0 saturated carbocycles. The number of allylic oxidation sites excluding steroid dienone is 2. The molecule has 0 aliphatic carbocycles. The highest BCUT2D eigenvalue weighted by atomic mass is 16.1. The van der Waals surface area contributed by atoms with Crippen LogP contribution in [0.4, 0.5) is 0 Å². The van der Waals surface area contributed by atoms with E-state index in [0.717, 1.165) is 5.56 Å². The second-order valence-electron chi connectivity index (χ2n) is 3.39. The minimum atomic E-state index is -0.0226. The highest BCUT2D eigenvalue weighted by molar-refractivity contribution is 6.05. The van der Waals surface area contributed by atoms with Gasteiger partial charge in [-0.25, -0.2) is 0 Å². The number of ketones is 1. The fourth-order valence-electron chi connectivity index (χ4n) is 0.992. The minimum Gasteiger partial charge on any atom is -0.290 e. The Balaban J connectivity index is 2.74. The summed E-state index contributed by atoms with van der Waals surface area (Å²) in [6, 6.07) is 8.00. The molecule has 0 N–H and O–H groups in total. The Hall–Kier alpha value is -1.63. The average molecular weight is 186 g/mol. The van der Waals surface area contributed by atoms with Gasteiger partial charge in [0.05, 0.1) is 0 Å². The first-order valence-electron chi connectivity index (χ1n) is 4.54. The van der Waals surface area contributed by atoms with E-state index in [1.54, 1.807) is 19.1 Å². The lowest BCUT2D eigenvalue weighted by atomic mass is 10.1. The quantitative estimate of drug-likeness (QED) is 0.663. The van der Waals surface area contributed by atoms with Crippen LogP contribution in [0.5, 0.6) is 0 Å². The molecule has 1 aromatic rings. The van der Waals surface area contributed by atoms with E-state index in [2.05, 4.69) is 6.58 Å². The molecule has 1 rings (SSSR count). The molecule has 0 saturated heterocycles. The van der Waals surface area contributed by atoms with Crippen molar-refractivity contribution in [1.82, 2.24) is 0 Å². The predicted octanol–water partition coefficient (Wildman–Crippen LogP) is 3.15. The fourth-order valence-corrected chi connectivity index (χ4v) is 0.992. The van der Waals surface area contributed by atoms with Gasteiger partial charge >= 0.3 is 0 Å². The lowest BCUT2D eigenvalue weighted by Gasteiger charge is -1.94. The molecular weight excluding hydrogens is 172 g/mol. The zero-order chi connectivity index (χ0) is 10.6. The van der Waals surface area contributed by atoms with Gasteiger partial charge in [-0.2, -0.15) is 0 Å². The summed E-state index contributed by atoms with van der Waals surface area (Å²) < 4.78 is 0. The van der Waals surface area contributed by atoms with Gasteiger partial charge in [-0.3, -0.25) is 4.79 Å². The Morgan fingerprint density at radius 2 is 1.86 bits per heavy atom. The summed E-state index contributed by atoms with van der Waals surface area (Å²) in [6.07, 6.45) is 3.35. The van der Waals surface area contributed by atoms with Crippen molar-refractivity contribution in [3.63, 3.8) is 0 Å². The van der Waals surface area contributed by atoms with Gasteiger partial charge in [-0.15, -0.1) is 0 Å². The van der Waals surface area contributed by atoms with Gasteiger partial charge in [0.25, 0.3) is 0 Å². The van der Waals surface area contributed by atoms with E-state index in [0.29, 0.717) is 5.57 Å². The normalized spacial score (nSPS) is 10.4. The van der Waals surface area contributed by atoms with Crippen molar-refractivity contribution in [3.8, 4) is 0 Å². The van der Waals surface area contributed by atoms with Crippen molar-refractivity contribution < 1.29 is 4.79 Å². The first-order chi connectivity index (χ1) is 6.59. The smallest absolute Gasteiger partial charge is 0.180 e. The summed E-state index contributed by atoms with van der Waals surface area (Å²) >= 11 is 0. The van der Waals surface area contributed by atoms with E-state index < -0.39 is 0 Å². The number of aryl methyl sites for hydroxylation is 1. The average Bonchev–Trinajstić information content (AvgIpc) is 2.16. The van der Waals surface area contributed by atoms with Crippen LogP contribution in [0.2, 0.25) is 0 Å². The van der Waals surface area contributed by atoms with Crippen molar-refractivity contribution in [2.45, 2.75) is 13.8 Å². The zero-order valence-electron chi connectivity index (χ0n) is 8.58. The monoisotopic (exact) mass is 186 g/mol. The minimum absolute atomic E-state index is 0.0226. The van der Waals surface area contributed by atoms with Crippen LogP contribution in [-0.2, 0) is 4.79 Å². The predicted molar refractivity (Wildman–Crippen MR) is 60.0 cm³/mol. The number of carbonyl (C=O) groups is 1. The maximum atomic E-state index is 11.2. The largest absolute Gasteiger partial charge is 0.290 e. The van der Waals surface area contributed by atoms with Crippen molar-refractivity contribution >= 4 is 11.9 Å². The Bertz CT molecular complexity index is 369. The summed E-state index contributed by atoms with van der Waals surface area (Å²) in [5, 5.41) is 0. The van der Waals surface area contributed by atoms with E-state index in [-0.39, 0.29) is 5.78 Å². The molecule has 0 unspecified atom stereocenters.